The molecule has 0 fully saturated rings. The summed E-state index contributed by atoms with van der Waals surface area (Å²) in [6.07, 6.45) is 4.90. The minimum atomic E-state index is -2.33. The normalized spacial score (nSPS) is 13.4. The van der Waals surface area contributed by atoms with Gasteiger partial charge < -0.3 is 57.0 Å². The second kappa shape index (κ2) is 34.5. The van der Waals surface area contributed by atoms with E-state index in [0.717, 1.165) is 41.3 Å². The second-order valence-corrected chi connectivity index (χ2v) is 20.7. The van der Waals surface area contributed by atoms with Gasteiger partial charge in [0, 0.05) is 40.4 Å². The number of nitrogens with one attached hydrogen (secondary N) is 5. The van der Waals surface area contributed by atoms with Crippen LogP contribution in [0.15, 0.2) is 78.1 Å². The van der Waals surface area contributed by atoms with Gasteiger partial charge in [-0.1, -0.05) is 72.6 Å². The zero-order valence-electron chi connectivity index (χ0n) is 49.7. The third kappa shape index (κ3) is 20.1. The number of carbonyl (C=O) groups excluding carboxylic acids is 6. The summed E-state index contributed by atoms with van der Waals surface area (Å²) in [5, 5.41) is 33.2. The van der Waals surface area contributed by atoms with E-state index in [1.807, 2.05) is 20.8 Å². The van der Waals surface area contributed by atoms with Crippen LogP contribution in [-0.2, 0) is 65.5 Å². The third-order valence-electron chi connectivity index (χ3n) is 12.3. The smallest absolute Gasteiger partial charge is 0.458 e. The summed E-state index contributed by atoms with van der Waals surface area (Å²) in [6.45, 7) is 22.3. The van der Waals surface area contributed by atoms with Crippen LogP contribution >= 0.6 is 8.18 Å². The highest BCUT2D eigenvalue weighted by atomic mass is 31.1. The molecule has 1 aliphatic carbocycles. The molecule has 0 bridgehead atoms. The Balaban J connectivity index is 0.000000393. The first-order valence-electron chi connectivity index (χ1n) is 27.9. The maximum absolute atomic E-state index is 14.5. The Morgan fingerprint density at radius 1 is 0.940 bits per heavy atom. The number of nitrogens with two attached hydrogens (primary N) is 2. The Morgan fingerprint density at radius 2 is 1.55 bits per heavy atom. The van der Waals surface area contributed by atoms with Crippen molar-refractivity contribution in [2.75, 3.05) is 30.1 Å². The monoisotopic (exact) mass is 1190 g/mol. The van der Waals surface area contributed by atoms with E-state index in [2.05, 4.69) is 60.6 Å². The van der Waals surface area contributed by atoms with Crippen LogP contribution in [-0.4, -0.2) is 86.9 Å². The lowest BCUT2D eigenvalue weighted by Crippen LogP contribution is -2.47. The van der Waals surface area contributed by atoms with Gasteiger partial charge in [0.15, 0.2) is 6.10 Å². The quantitative estimate of drug-likeness (QED) is 0.0178. The van der Waals surface area contributed by atoms with Gasteiger partial charge in [-0.05, 0) is 129 Å². The predicted octanol–water partition coefficient (Wildman–Crippen LogP) is 8.94. The molecule has 0 saturated carbocycles. The molecule has 8 rings (SSSR count). The number of aliphatic hydroxyl groups is 2. The Kier molecular flexibility index (Phi) is 28.8. The maximum Gasteiger partial charge on any atom is 0.643 e. The van der Waals surface area contributed by atoms with E-state index in [1.165, 1.54) is 43.2 Å². The Bertz CT molecular complexity index is 3170. The van der Waals surface area contributed by atoms with Crippen LogP contribution in [0, 0.1) is 12.7 Å². The van der Waals surface area contributed by atoms with Crippen molar-refractivity contribution in [1.29, 1.82) is 0 Å². The zero-order chi connectivity index (χ0) is 62.8. The number of esters is 1. The summed E-state index contributed by atoms with van der Waals surface area (Å²) >= 11 is 0. The molecule has 4 heterocycles. The molecule has 3 atom stereocenters. The fourth-order valence-corrected chi connectivity index (χ4v) is 9.42. The molecule has 22 nitrogen and oxygen atoms in total. The number of amides is 6. The Hall–Kier alpha value is -8.11. The number of primary amides is 2. The number of halogens is 1. The standard InChI is InChI=1S/C27H36N7O9P.C22H17FN2O4.2C3H8.C3H6.C2H6/c1-27(2,16-35)43-44(41)34-20-11-7-18(8-12-20)23(37)31-14-22(36)33-21(4-3-13-30-25(28)39)24(38)32-19-9-5-17(6-10-19)15-42-26(29)40;1-9-10-3-2-4-11-13-7-25-17(19(13)24-16(18(10)11)6-15(9)23)5-12-14(21(25)27)8-29-22(28)20(12)26;3*1-3-2;1-2/h5-12,21,35H,3-4,13-16H2,1-2H3,(H8-,28,29,30,31,32,33,34,36,37,38,39,40,41);5-6,20,26H,2-4,7-8H2,1H3;2*3H2,1-2H3;3H,1H2,2H3;1-2H3/p+1/t21-;20-;;;;/m00..../s1. The van der Waals surface area contributed by atoms with E-state index in [-0.39, 0.29) is 55.3 Å². The average Bonchev–Trinajstić information content (AvgIpc) is 1.79. The van der Waals surface area contributed by atoms with Crippen molar-refractivity contribution in [1.82, 2.24) is 25.5 Å². The van der Waals surface area contributed by atoms with Crippen LogP contribution in [0.25, 0.3) is 22.3 Å². The number of allylic oxidation sites excluding steroid dienone is 1. The van der Waals surface area contributed by atoms with Gasteiger partial charge in [-0.15, -0.1) is 11.1 Å². The van der Waals surface area contributed by atoms with Gasteiger partial charge in [0.25, 0.3) is 11.5 Å². The van der Waals surface area contributed by atoms with Gasteiger partial charge in [-0.25, -0.2) is 23.8 Å². The number of nitrogens with zero attached hydrogens (tertiary/aromatic N) is 2. The fourth-order valence-electron chi connectivity index (χ4n) is 8.50. The van der Waals surface area contributed by atoms with E-state index < -0.39 is 68.3 Å². The molecule has 456 valence electrons. The summed E-state index contributed by atoms with van der Waals surface area (Å²) in [6, 6.07) is 13.7. The number of hydrogen-bond donors (Lipinski definition) is 9. The number of fused-ring (bicyclic) bond motifs is 5. The third-order valence-corrected chi connectivity index (χ3v) is 13.4. The first-order chi connectivity index (χ1) is 40.0. The number of anilines is 2. The second-order valence-electron chi connectivity index (χ2n) is 19.8. The van der Waals surface area contributed by atoms with Gasteiger partial charge in [0.05, 0.1) is 47.9 Å². The highest BCUT2D eigenvalue weighted by molar-refractivity contribution is 7.41. The lowest BCUT2D eigenvalue weighted by molar-refractivity contribution is -0.157. The SMILES string of the molecule is C=CC.CC.CC(C)(CO)O[P+](=O)Nc1ccc(C(=O)NCC(=O)N[C@@H](CCCNC(N)=O)C(=O)Nc2ccc(COC(N)=O)cc2)cc1.CCC.CCC.Cc1c(F)cc2nc3c(c4c2c1CCC4)Cn1c-3cc2c(c1=O)COC(=O)[C@H]2O. The summed E-state index contributed by atoms with van der Waals surface area (Å²) in [7, 11) is -2.33. The van der Waals surface area contributed by atoms with E-state index in [1.54, 1.807) is 61.7 Å². The molecule has 6 amide bonds. The topological polar surface area (TPSA) is 335 Å². The predicted molar refractivity (Wildman–Crippen MR) is 322 cm³/mol. The maximum atomic E-state index is 14.5. The van der Waals surface area contributed by atoms with Crippen LogP contribution < -0.4 is 43.4 Å². The lowest BCUT2D eigenvalue weighted by Gasteiger charge is -2.22. The van der Waals surface area contributed by atoms with Crippen LogP contribution in [0.3, 0.4) is 0 Å². The minimum absolute atomic E-state index is 0.0396. The number of benzene rings is 3. The molecule has 0 radical (unpaired) electrons. The molecule has 3 aromatic carbocycles. The summed E-state index contributed by atoms with van der Waals surface area (Å²) in [5.41, 5.74) is 16.5. The number of urea groups is 1. The van der Waals surface area contributed by atoms with E-state index >= 15 is 0 Å². The van der Waals surface area contributed by atoms with Gasteiger partial charge in [0.2, 0.25) is 11.8 Å². The summed E-state index contributed by atoms with van der Waals surface area (Å²) in [5.74, 6) is -2.78. The van der Waals surface area contributed by atoms with Crippen LogP contribution in [0.2, 0.25) is 0 Å². The Morgan fingerprint density at radius 3 is 2.14 bits per heavy atom. The van der Waals surface area contributed by atoms with Crippen LogP contribution in [0.1, 0.15) is 150 Å². The molecular formula is C60H82FN9O13P+. The van der Waals surface area contributed by atoms with Crippen molar-refractivity contribution < 1.29 is 61.9 Å². The first kappa shape index (κ1) is 70.2. The van der Waals surface area contributed by atoms with Crippen molar-refractivity contribution in [2.24, 2.45) is 11.5 Å². The number of cyclic esters (lactones) is 1. The molecule has 84 heavy (non-hydrogen) atoms. The van der Waals surface area contributed by atoms with E-state index in [4.69, 9.17) is 30.4 Å². The lowest BCUT2D eigenvalue weighted by atomic mass is 9.85. The summed E-state index contributed by atoms with van der Waals surface area (Å²) < 4.78 is 43.1. The van der Waals surface area contributed by atoms with Gasteiger partial charge >= 0.3 is 26.3 Å². The molecule has 1 unspecified atom stereocenters. The zero-order valence-corrected chi connectivity index (χ0v) is 50.6. The number of ether oxygens (including phenoxy) is 2. The van der Waals surface area contributed by atoms with Crippen LogP contribution in [0.4, 0.5) is 25.4 Å². The number of carbonyl (C=O) groups is 6. The number of rotatable bonds is 17. The summed E-state index contributed by atoms with van der Waals surface area (Å²) in [4.78, 5) is 89.5. The minimum Gasteiger partial charge on any atom is -0.458 e. The van der Waals surface area contributed by atoms with E-state index in [9.17, 15) is 52.7 Å². The number of aryl methyl sites for hydroxylation is 2. The van der Waals surface area contributed by atoms with Crippen molar-refractivity contribution >= 4 is 66.3 Å². The fraction of sp³-hybridized carbons (Fsp3) is 0.433. The molecular weight excluding hydrogens is 1100 g/mol. The molecule has 3 aliphatic rings. The molecule has 0 spiro atoms. The van der Waals surface area contributed by atoms with Gasteiger partial charge in [-0.3, -0.25) is 19.2 Å². The number of pyridine rings is 2. The number of aliphatic hydroxyl groups excluding tert-OH is 2. The number of hydrogen-bond acceptors (Lipinski definition) is 14. The highest BCUT2D eigenvalue weighted by Crippen LogP contribution is 2.42. The van der Waals surface area contributed by atoms with Crippen molar-refractivity contribution in [3.63, 3.8) is 0 Å². The molecule has 0 saturated heterocycles. The molecule has 24 heteroatoms. The molecule has 11 N–H and O–H groups in total. The van der Waals surface area contributed by atoms with Crippen molar-refractivity contribution in [3.05, 3.63) is 134 Å². The average molecular weight is 1190 g/mol. The van der Waals surface area contributed by atoms with Crippen molar-refractivity contribution in [3.8, 4) is 11.4 Å². The molecule has 2 aromatic heterocycles. The van der Waals surface area contributed by atoms with Crippen LogP contribution in [0.5, 0.6) is 0 Å². The molecule has 5 aromatic rings. The number of aromatic nitrogens is 2. The van der Waals surface area contributed by atoms with Gasteiger partial charge in [-0.2, -0.15) is 5.09 Å². The highest BCUT2D eigenvalue weighted by Gasteiger charge is 2.36. The van der Waals surface area contributed by atoms with Gasteiger partial charge in [0.1, 0.15) is 30.7 Å². The molecule has 2 aliphatic heterocycles. The first-order valence-corrected chi connectivity index (χ1v) is 29.0. The Labute approximate surface area is 490 Å². The largest absolute Gasteiger partial charge is 0.643 e. The van der Waals surface area contributed by atoms with E-state index in [0.29, 0.717) is 57.9 Å². The van der Waals surface area contributed by atoms with Crippen molar-refractivity contribution in [2.45, 2.75) is 152 Å².